The Morgan fingerprint density at radius 3 is 2.85 bits per heavy atom. The fourth-order valence-corrected chi connectivity index (χ4v) is 4.37. The molecule has 1 aliphatic heterocycles. The average Bonchev–Trinajstić information content (AvgIpc) is 2.87. The van der Waals surface area contributed by atoms with E-state index in [9.17, 15) is 4.39 Å². The molecule has 1 aliphatic carbocycles. The first-order valence-electron chi connectivity index (χ1n) is 7.62. The highest BCUT2D eigenvalue weighted by Crippen LogP contribution is 2.41. The Morgan fingerprint density at radius 1 is 1.30 bits per heavy atom. The van der Waals surface area contributed by atoms with E-state index in [1.807, 2.05) is 0 Å². The Bertz CT molecular complexity index is 459. The molecule has 4 heteroatoms. The molecular formula is C16H22ClFN2. The first-order chi connectivity index (χ1) is 9.72. The van der Waals surface area contributed by atoms with Crippen molar-refractivity contribution in [3.05, 3.63) is 34.6 Å². The van der Waals surface area contributed by atoms with Gasteiger partial charge in [0.1, 0.15) is 5.82 Å². The molecule has 1 aromatic rings. The van der Waals surface area contributed by atoms with E-state index < -0.39 is 0 Å². The topological polar surface area (TPSA) is 29.3 Å². The summed E-state index contributed by atoms with van der Waals surface area (Å²) in [6.45, 7) is 1.44. The molecule has 2 fully saturated rings. The first-order valence-corrected chi connectivity index (χ1v) is 8.00. The van der Waals surface area contributed by atoms with Gasteiger partial charge in [-0.1, -0.05) is 30.5 Å². The fourth-order valence-electron chi connectivity index (χ4n) is 4.08. The number of rotatable bonds is 3. The van der Waals surface area contributed by atoms with E-state index in [2.05, 4.69) is 4.90 Å². The van der Waals surface area contributed by atoms with Crippen molar-refractivity contribution in [3.8, 4) is 0 Å². The molecule has 2 aliphatic rings. The van der Waals surface area contributed by atoms with Gasteiger partial charge in [0.15, 0.2) is 0 Å². The smallest absolute Gasteiger partial charge is 0.129 e. The predicted octanol–water partition coefficient (Wildman–Crippen LogP) is 3.74. The van der Waals surface area contributed by atoms with Crippen molar-refractivity contribution in [1.82, 2.24) is 4.90 Å². The second kappa shape index (κ2) is 6.00. The largest absolute Gasteiger partial charge is 0.329 e. The molecule has 1 saturated carbocycles. The summed E-state index contributed by atoms with van der Waals surface area (Å²) in [5, 5.41) is 0.500. The van der Waals surface area contributed by atoms with Gasteiger partial charge >= 0.3 is 0 Å². The van der Waals surface area contributed by atoms with Crippen LogP contribution in [0.4, 0.5) is 4.39 Å². The van der Waals surface area contributed by atoms with E-state index in [1.165, 1.54) is 38.2 Å². The molecule has 110 valence electrons. The first kappa shape index (κ1) is 14.3. The lowest BCUT2D eigenvalue weighted by atomic mass is 9.84. The van der Waals surface area contributed by atoms with E-state index in [1.54, 1.807) is 12.1 Å². The van der Waals surface area contributed by atoms with Gasteiger partial charge in [-0.25, -0.2) is 4.39 Å². The van der Waals surface area contributed by atoms with Crippen LogP contribution in [0.25, 0.3) is 0 Å². The monoisotopic (exact) mass is 296 g/mol. The zero-order valence-corrected chi connectivity index (χ0v) is 12.5. The summed E-state index contributed by atoms with van der Waals surface area (Å²) < 4.78 is 14.2. The zero-order valence-electron chi connectivity index (χ0n) is 11.7. The van der Waals surface area contributed by atoms with Crippen molar-refractivity contribution in [3.63, 3.8) is 0 Å². The highest BCUT2D eigenvalue weighted by atomic mass is 35.5. The lowest BCUT2D eigenvalue weighted by Gasteiger charge is -2.37. The average molecular weight is 297 g/mol. The summed E-state index contributed by atoms with van der Waals surface area (Å²) in [6.07, 6.45) is 6.35. The molecule has 0 aromatic heterocycles. The maximum Gasteiger partial charge on any atom is 0.129 e. The van der Waals surface area contributed by atoms with E-state index in [-0.39, 0.29) is 11.9 Å². The van der Waals surface area contributed by atoms with Crippen LogP contribution >= 0.6 is 11.6 Å². The van der Waals surface area contributed by atoms with E-state index in [0.29, 0.717) is 23.2 Å². The number of nitrogens with zero attached hydrogens (tertiary/aromatic N) is 1. The van der Waals surface area contributed by atoms with E-state index in [4.69, 9.17) is 17.3 Å². The number of halogens is 2. The quantitative estimate of drug-likeness (QED) is 0.920. The van der Waals surface area contributed by atoms with Crippen LogP contribution in [0.3, 0.4) is 0 Å². The van der Waals surface area contributed by atoms with Crippen molar-refractivity contribution in [1.29, 1.82) is 0 Å². The molecule has 2 N–H and O–H groups in total. The second-order valence-electron chi connectivity index (χ2n) is 6.03. The minimum absolute atomic E-state index is 0.0863. The van der Waals surface area contributed by atoms with Crippen LogP contribution in [0.2, 0.25) is 5.02 Å². The van der Waals surface area contributed by atoms with Crippen molar-refractivity contribution >= 4 is 11.6 Å². The molecule has 1 heterocycles. The summed E-state index contributed by atoms with van der Waals surface area (Å²) in [5.74, 6) is 0.538. The molecule has 3 unspecified atom stereocenters. The van der Waals surface area contributed by atoms with Crippen LogP contribution in [-0.4, -0.2) is 24.0 Å². The van der Waals surface area contributed by atoms with Crippen molar-refractivity contribution in [2.75, 3.05) is 13.1 Å². The molecule has 0 radical (unpaired) electrons. The van der Waals surface area contributed by atoms with E-state index in [0.717, 1.165) is 12.5 Å². The molecular weight excluding hydrogens is 275 g/mol. The van der Waals surface area contributed by atoms with Crippen LogP contribution in [-0.2, 0) is 0 Å². The number of nitrogens with two attached hydrogens (primary N) is 1. The van der Waals surface area contributed by atoms with Gasteiger partial charge in [0.05, 0.1) is 6.04 Å². The Morgan fingerprint density at radius 2 is 2.10 bits per heavy atom. The Balaban J connectivity index is 1.90. The molecule has 0 spiro atoms. The van der Waals surface area contributed by atoms with E-state index >= 15 is 0 Å². The zero-order chi connectivity index (χ0) is 14.1. The third-order valence-corrected chi connectivity index (χ3v) is 5.34. The molecule has 20 heavy (non-hydrogen) atoms. The van der Waals surface area contributed by atoms with Gasteiger partial charge in [0.25, 0.3) is 0 Å². The van der Waals surface area contributed by atoms with Crippen molar-refractivity contribution in [2.24, 2.45) is 11.7 Å². The van der Waals surface area contributed by atoms with Gasteiger partial charge in [-0.05, 0) is 43.9 Å². The standard InChI is InChI=1S/C16H22ClFN2/c17-12-5-3-6-13(18)16(12)15(10-19)20-9-8-11-4-1-2-7-14(11)20/h3,5-6,11,14-15H,1-2,4,7-10,19H2. The van der Waals surface area contributed by atoms with Gasteiger partial charge in [0.2, 0.25) is 0 Å². The lowest BCUT2D eigenvalue weighted by molar-refractivity contribution is 0.133. The molecule has 1 saturated heterocycles. The fraction of sp³-hybridized carbons (Fsp3) is 0.625. The van der Waals surface area contributed by atoms with Crippen molar-refractivity contribution < 1.29 is 4.39 Å². The van der Waals surface area contributed by atoms with Crippen LogP contribution < -0.4 is 5.73 Å². The van der Waals surface area contributed by atoms with Crippen molar-refractivity contribution in [2.45, 2.75) is 44.2 Å². The summed E-state index contributed by atoms with van der Waals surface area (Å²) >= 11 is 6.23. The van der Waals surface area contributed by atoms with Gasteiger partial charge < -0.3 is 5.73 Å². The lowest BCUT2D eigenvalue weighted by Crippen LogP contribution is -2.41. The maximum atomic E-state index is 14.2. The van der Waals surface area contributed by atoms with Gasteiger partial charge in [-0.15, -0.1) is 0 Å². The number of benzene rings is 1. The van der Waals surface area contributed by atoms with Crippen LogP contribution in [0.5, 0.6) is 0 Å². The summed E-state index contributed by atoms with van der Waals surface area (Å²) in [7, 11) is 0. The Hall–Kier alpha value is -0.640. The van der Waals surface area contributed by atoms with Gasteiger partial charge in [-0.3, -0.25) is 4.90 Å². The third kappa shape index (κ3) is 2.47. The van der Waals surface area contributed by atoms with Gasteiger partial charge in [0, 0.05) is 23.2 Å². The Kier molecular flexibility index (Phi) is 4.29. The molecule has 3 atom stereocenters. The summed E-state index contributed by atoms with van der Waals surface area (Å²) in [4.78, 5) is 2.41. The number of fused-ring (bicyclic) bond motifs is 1. The predicted molar refractivity (Wildman–Crippen MR) is 80.3 cm³/mol. The number of hydrogen-bond donors (Lipinski definition) is 1. The molecule has 0 bridgehead atoms. The minimum atomic E-state index is -0.229. The van der Waals surface area contributed by atoms with Crippen LogP contribution in [0.15, 0.2) is 18.2 Å². The highest BCUT2D eigenvalue weighted by molar-refractivity contribution is 6.31. The molecule has 3 rings (SSSR count). The highest BCUT2D eigenvalue weighted by Gasteiger charge is 2.40. The number of hydrogen-bond acceptors (Lipinski definition) is 2. The summed E-state index contributed by atoms with van der Waals surface area (Å²) in [5.41, 5.74) is 6.56. The van der Waals surface area contributed by atoms with Crippen LogP contribution in [0, 0.1) is 11.7 Å². The SMILES string of the molecule is NCC(c1c(F)cccc1Cl)N1CCC2CCCCC21. The van der Waals surface area contributed by atoms with Crippen LogP contribution in [0.1, 0.15) is 43.7 Å². The number of likely N-dealkylation sites (tertiary alicyclic amines) is 1. The van der Waals surface area contributed by atoms with Gasteiger partial charge in [-0.2, -0.15) is 0 Å². The molecule has 1 aromatic carbocycles. The molecule has 0 amide bonds. The third-order valence-electron chi connectivity index (χ3n) is 5.01. The molecule has 2 nitrogen and oxygen atoms in total. The second-order valence-corrected chi connectivity index (χ2v) is 6.43. The normalized spacial score (nSPS) is 28.4. The Labute approximate surface area is 125 Å². The minimum Gasteiger partial charge on any atom is -0.329 e. The summed E-state index contributed by atoms with van der Waals surface area (Å²) in [6, 6.07) is 5.38. The maximum absolute atomic E-state index is 14.2.